The van der Waals surface area contributed by atoms with E-state index in [4.69, 9.17) is 16.3 Å². The van der Waals surface area contributed by atoms with E-state index < -0.39 is 5.97 Å². The highest BCUT2D eigenvalue weighted by molar-refractivity contribution is 7.10. The Labute approximate surface area is 126 Å². The van der Waals surface area contributed by atoms with Crippen LogP contribution in [0.4, 0.5) is 0 Å². The molecule has 9 heteroatoms. The Morgan fingerprint density at radius 3 is 2.81 bits per heavy atom. The first-order chi connectivity index (χ1) is 10.2. The smallest absolute Gasteiger partial charge is 0.359 e. The minimum atomic E-state index is -0.675. The maximum absolute atomic E-state index is 12.1. The van der Waals surface area contributed by atoms with Gasteiger partial charge in [-0.15, -0.1) is 5.10 Å². The number of fused-ring (bicyclic) bond motifs is 1. The first kappa shape index (κ1) is 13.7. The van der Waals surface area contributed by atoms with Crippen LogP contribution in [0.15, 0.2) is 29.1 Å². The normalized spacial score (nSPS) is 10.7. The highest BCUT2D eigenvalue weighted by Gasteiger charge is 2.16. The summed E-state index contributed by atoms with van der Waals surface area (Å²) in [4.78, 5) is 23.7. The third kappa shape index (κ3) is 2.63. The van der Waals surface area contributed by atoms with Crippen molar-refractivity contribution in [2.24, 2.45) is 0 Å². The molecule has 3 rings (SSSR count). The lowest BCUT2D eigenvalue weighted by molar-refractivity contribution is 0.0462. The van der Waals surface area contributed by atoms with Crippen LogP contribution in [0.1, 0.15) is 16.2 Å². The number of aromatic nitrogens is 4. The molecule has 1 N–H and O–H groups in total. The average molecular weight is 323 g/mol. The zero-order chi connectivity index (χ0) is 14.8. The fraction of sp³-hybridized carbons (Fsp3) is 0.0833. The molecule has 0 radical (unpaired) electrons. The predicted molar refractivity (Wildman–Crippen MR) is 76.4 cm³/mol. The number of carbonyl (C=O) groups is 1. The van der Waals surface area contributed by atoms with Crippen LogP contribution < -0.4 is 5.56 Å². The van der Waals surface area contributed by atoms with E-state index in [9.17, 15) is 9.59 Å². The number of H-pyrrole nitrogens is 1. The van der Waals surface area contributed by atoms with Gasteiger partial charge in [-0.25, -0.2) is 9.89 Å². The van der Waals surface area contributed by atoms with Crippen LogP contribution in [0.25, 0.3) is 10.8 Å². The van der Waals surface area contributed by atoms with E-state index in [0.29, 0.717) is 20.8 Å². The molecule has 0 saturated heterocycles. The monoisotopic (exact) mass is 322 g/mol. The van der Waals surface area contributed by atoms with E-state index in [1.165, 1.54) is 0 Å². The van der Waals surface area contributed by atoms with Crippen LogP contribution in [0, 0.1) is 0 Å². The molecule has 0 aliphatic rings. The van der Waals surface area contributed by atoms with Gasteiger partial charge in [0.1, 0.15) is 16.6 Å². The van der Waals surface area contributed by atoms with Crippen molar-refractivity contribution in [1.82, 2.24) is 19.8 Å². The molecule has 0 amide bonds. The zero-order valence-corrected chi connectivity index (χ0v) is 11.9. The highest BCUT2D eigenvalue weighted by Crippen LogP contribution is 2.19. The van der Waals surface area contributed by atoms with Crippen molar-refractivity contribution < 1.29 is 9.53 Å². The van der Waals surface area contributed by atoms with Gasteiger partial charge in [-0.2, -0.15) is 5.10 Å². The number of carbonyl (C=O) groups excluding carboxylic acids is 1. The SMILES string of the molecule is O=C(OCc1nnsc1Cl)c1n[nH]c(=O)c2ccccc12. The van der Waals surface area contributed by atoms with Gasteiger partial charge in [0, 0.05) is 16.9 Å². The summed E-state index contributed by atoms with van der Waals surface area (Å²) in [6.07, 6.45) is 0. The Kier molecular flexibility index (Phi) is 3.63. The number of nitrogens with zero attached hydrogens (tertiary/aromatic N) is 3. The summed E-state index contributed by atoms with van der Waals surface area (Å²) in [6.45, 7) is -0.108. The second kappa shape index (κ2) is 5.58. The molecule has 7 nitrogen and oxygen atoms in total. The largest absolute Gasteiger partial charge is 0.454 e. The van der Waals surface area contributed by atoms with E-state index in [-0.39, 0.29) is 17.9 Å². The highest BCUT2D eigenvalue weighted by atomic mass is 35.5. The van der Waals surface area contributed by atoms with Gasteiger partial charge in [0.05, 0.1) is 5.39 Å². The third-order valence-corrected chi connectivity index (χ3v) is 3.72. The second-order valence-electron chi connectivity index (χ2n) is 4.02. The Balaban J connectivity index is 1.90. The summed E-state index contributed by atoms with van der Waals surface area (Å²) in [7, 11) is 0. The maximum atomic E-state index is 12.1. The first-order valence-corrected chi connectivity index (χ1v) is 6.93. The molecule has 0 atom stereocenters. The molecule has 1 aromatic carbocycles. The summed E-state index contributed by atoms with van der Waals surface area (Å²) in [5.41, 5.74) is 0.0437. The molecular weight excluding hydrogens is 316 g/mol. The Bertz CT molecular complexity index is 876. The first-order valence-electron chi connectivity index (χ1n) is 5.78. The number of ether oxygens (including phenoxy) is 1. The van der Waals surface area contributed by atoms with E-state index >= 15 is 0 Å². The van der Waals surface area contributed by atoms with Gasteiger partial charge in [0.15, 0.2) is 5.69 Å². The van der Waals surface area contributed by atoms with Crippen LogP contribution in [-0.4, -0.2) is 25.8 Å². The third-order valence-electron chi connectivity index (χ3n) is 2.74. The van der Waals surface area contributed by atoms with Crippen LogP contribution in [-0.2, 0) is 11.3 Å². The number of esters is 1. The van der Waals surface area contributed by atoms with Gasteiger partial charge in [-0.05, 0) is 6.07 Å². The molecule has 3 aromatic rings. The van der Waals surface area contributed by atoms with E-state index in [0.717, 1.165) is 11.5 Å². The van der Waals surface area contributed by atoms with E-state index in [2.05, 4.69) is 19.8 Å². The summed E-state index contributed by atoms with van der Waals surface area (Å²) < 4.78 is 9.10. The molecule has 21 heavy (non-hydrogen) atoms. The van der Waals surface area contributed by atoms with Gasteiger partial charge in [-0.3, -0.25) is 4.79 Å². The van der Waals surface area contributed by atoms with Crippen LogP contribution in [0.5, 0.6) is 0 Å². The molecular formula is C12H7ClN4O3S. The van der Waals surface area contributed by atoms with Crippen LogP contribution >= 0.6 is 23.1 Å². The molecule has 106 valence electrons. The van der Waals surface area contributed by atoms with Crippen molar-refractivity contribution in [3.05, 3.63) is 50.3 Å². The van der Waals surface area contributed by atoms with Gasteiger partial charge >= 0.3 is 5.97 Å². The van der Waals surface area contributed by atoms with Crippen molar-refractivity contribution in [3.63, 3.8) is 0 Å². The summed E-state index contributed by atoms with van der Waals surface area (Å²) >= 11 is 6.83. The van der Waals surface area contributed by atoms with Crippen LogP contribution in [0.3, 0.4) is 0 Å². The van der Waals surface area contributed by atoms with Crippen LogP contribution in [0.2, 0.25) is 4.34 Å². The summed E-state index contributed by atoms with van der Waals surface area (Å²) in [6, 6.07) is 6.65. The Morgan fingerprint density at radius 1 is 1.33 bits per heavy atom. The molecule has 2 heterocycles. The van der Waals surface area contributed by atoms with Crippen molar-refractivity contribution >= 4 is 39.9 Å². The van der Waals surface area contributed by atoms with Gasteiger partial charge in [-0.1, -0.05) is 34.3 Å². The zero-order valence-electron chi connectivity index (χ0n) is 10.4. The number of hydrogen-bond donors (Lipinski definition) is 1. The predicted octanol–water partition coefficient (Wildman–Crippen LogP) is 1.78. The number of rotatable bonds is 3. The van der Waals surface area contributed by atoms with Crippen molar-refractivity contribution in [2.75, 3.05) is 0 Å². The molecule has 0 aliphatic heterocycles. The summed E-state index contributed by atoms with van der Waals surface area (Å²) in [5.74, 6) is -0.675. The lowest BCUT2D eigenvalue weighted by atomic mass is 10.1. The lowest BCUT2D eigenvalue weighted by Crippen LogP contribution is -2.16. The topological polar surface area (TPSA) is 97.8 Å². The molecule has 0 aliphatic carbocycles. The van der Waals surface area contributed by atoms with Gasteiger partial charge in [0.25, 0.3) is 5.56 Å². The maximum Gasteiger partial charge on any atom is 0.359 e. The molecule has 0 unspecified atom stereocenters. The Morgan fingerprint density at radius 2 is 2.10 bits per heavy atom. The van der Waals surface area contributed by atoms with E-state index in [1.807, 2.05) is 0 Å². The van der Waals surface area contributed by atoms with Crippen molar-refractivity contribution in [2.45, 2.75) is 6.61 Å². The number of halogens is 1. The standard InChI is InChI=1S/C12H7ClN4O3S/c13-10-8(14-17-21-10)5-20-12(19)9-6-3-1-2-4-7(6)11(18)16-15-9/h1-4H,5H2,(H,16,18). The lowest BCUT2D eigenvalue weighted by Gasteiger charge is -2.04. The fourth-order valence-electron chi connectivity index (χ4n) is 1.76. The minimum absolute atomic E-state index is 0.0320. The summed E-state index contributed by atoms with van der Waals surface area (Å²) in [5, 5.41) is 10.6. The van der Waals surface area contributed by atoms with Gasteiger partial charge < -0.3 is 4.74 Å². The molecule has 0 saturated carbocycles. The molecule has 0 spiro atoms. The fourth-order valence-corrected chi connectivity index (χ4v) is 2.36. The number of nitrogens with one attached hydrogen (secondary N) is 1. The molecule has 0 fully saturated rings. The molecule has 0 bridgehead atoms. The van der Waals surface area contributed by atoms with Gasteiger partial charge in [0.2, 0.25) is 0 Å². The van der Waals surface area contributed by atoms with E-state index in [1.54, 1.807) is 24.3 Å². The van der Waals surface area contributed by atoms with Crippen molar-refractivity contribution in [1.29, 1.82) is 0 Å². The quantitative estimate of drug-likeness (QED) is 0.738. The Hall–Kier alpha value is -2.32. The second-order valence-corrected chi connectivity index (χ2v) is 5.37. The molecule has 2 aromatic heterocycles. The number of benzene rings is 1. The average Bonchev–Trinajstić information content (AvgIpc) is 2.91. The number of aromatic amines is 1. The number of hydrogen-bond acceptors (Lipinski definition) is 7. The van der Waals surface area contributed by atoms with Crippen molar-refractivity contribution in [3.8, 4) is 0 Å². The minimum Gasteiger partial charge on any atom is -0.454 e.